The van der Waals surface area contributed by atoms with Gasteiger partial charge in [0, 0.05) is 25.4 Å². The highest BCUT2D eigenvalue weighted by Gasteiger charge is 2.00. The zero-order valence-electron chi connectivity index (χ0n) is 13.9. The second-order valence-electron chi connectivity index (χ2n) is 5.81. The molecule has 0 radical (unpaired) electrons. The van der Waals surface area contributed by atoms with Crippen LogP contribution < -0.4 is 10.1 Å². The molecule has 0 aliphatic carbocycles. The fourth-order valence-electron chi connectivity index (χ4n) is 1.89. The molecular formula is C17H30N2OS. The monoisotopic (exact) mass is 310 g/mol. The molecule has 0 aromatic heterocycles. The van der Waals surface area contributed by atoms with E-state index in [4.69, 9.17) is 4.74 Å². The molecule has 1 aromatic carbocycles. The highest BCUT2D eigenvalue weighted by molar-refractivity contribution is 7.98. The van der Waals surface area contributed by atoms with Crippen LogP contribution in [0.3, 0.4) is 0 Å². The molecule has 21 heavy (non-hydrogen) atoms. The lowest BCUT2D eigenvalue weighted by Gasteiger charge is -2.16. The number of benzene rings is 1. The summed E-state index contributed by atoms with van der Waals surface area (Å²) >= 11 is 1.88. The quantitative estimate of drug-likeness (QED) is 0.679. The van der Waals surface area contributed by atoms with E-state index in [1.54, 1.807) is 0 Å². The minimum atomic E-state index is 0.690. The van der Waals surface area contributed by atoms with Gasteiger partial charge in [-0.15, -0.1) is 0 Å². The third kappa shape index (κ3) is 9.02. The minimum Gasteiger partial charge on any atom is -0.492 e. The average molecular weight is 311 g/mol. The van der Waals surface area contributed by atoms with Gasteiger partial charge in [0.2, 0.25) is 0 Å². The van der Waals surface area contributed by atoms with Gasteiger partial charge in [-0.1, -0.05) is 26.0 Å². The Labute approximate surface area is 134 Å². The van der Waals surface area contributed by atoms with Crippen molar-refractivity contribution in [3.05, 3.63) is 29.8 Å². The maximum atomic E-state index is 5.79. The van der Waals surface area contributed by atoms with E-state index in [2.05, 4.69) is 61.6 Å². The van der Waals surface area contributed by atoms with Crippen LogP contribution in [0.5, 0.6) is 5.75 Å². The van der Waals surface area contributed by atoms with Crippen LogP contribution in [-0.2, 0) is 6.54 Å². The van der Waals surface area contributed by atoms with Crippen LogP contribution in [0.25, 0.3) is 0 Å². The average Bonchev–Trinajstić information content (AvgIpc) is 2.46. The van der Waals surface area contributed by atoms with Crippen LogP contribution in [0.15, 0.2) is 24.3 Å². The molecule has 0 atom stereocenters. The molecule has 0 bridgehead atoms. The van der Waals surface area contributed by atoms with E-state index in [1.807, 2.05) is 11.8 Å². The predicted molar refractivity (Wildman–Crippen MR) is 94.4 cm³/mol. The first-order chi connectivity index (χ1) is 10.1. The van der Waals surface area contributed by atoms with E-state index < -0.39 is 0 Å². The Morgan fingerprint density at radius 2 is 1.90 bits per heavy atom. The Hall–Kier alpha value is -0.710. The summed E-state index contributed by atoms with van der Waals surface area (Å²) in [6, 6.07) is 8.41. The van der Waals surface area contributed by atoms with Crippen LogP contribution in [-0.4, -0.2) is 50.2 Å². The number of ether oxygens (including phenoxy) is 1. The first-order valence-electron chi connectivity index (χ1n) is 7.71. The normalized spacial score (nSPS) is 11.3. The molecule has 0 fully saturated rings. The van der Waals surface area contributed by atoms with Gasteiger partial charge in [-0.3, -0.25) is 0 Å². The molecule has 0 amide bonds. The summed E-state index contributed by atoms with van der Waals surface area (Å²) in [5.41, 5.74) is 1.31. The molecule has 0 spiro atoms. The Bertz CT molecular complexity index is 368. The van der Waals surface area contributed by atoms with Gasteiger partial charge in [0.25, 0.3) is 0 Å². The molecular weight excluding hydrogens is 280 g/mol. The van der Waals surface area contributed by atoms with Crippen molar-refractivity contribution in [2.75, 3.05) is 45.3 Å². The van der Waals surface area contributed by atoms with Gasteiger partial charge in [-0.25, -0.2) is 0 Å². The van der Waals surface area contributed by atoms with Crippen molar-refractivity contribution in [3.8, 4) is 5.75 Å². The predicted octanol–water partition coefficient (Wildman–Crippen LogP) is 3.11. The third-order valence-corrected chi connectivity index (χ3v) is 3.81. The number of likely N-dealkylation sites (N-methyl/N-ethyl adjacent to an activating group) is 1. The topological polar surface area (TPSA) is 24.5 Å². The largest absolute Gasteiger partial charge is 0.492 e. The summed E-state index contributed by atoms with van der Waals surface area (Å²) in [4.78, 5) is 2.31. The highest BCUT2D eigenvalue weighted by atomic mass is 32.2. The summed E-state index contributed by atoms with van der Waals surface area (Å²) < 4.78 is 5.79. The van der Waals surface area contributed by atoms with Crippen molar-refractivity contribution in [1.82, 2.24) is 10.2 Å². The molecule has 1 rings (SSSR count). The van der Waals surface area contributed by atoms with Crippen LogP contribution in [0.1, 0.15) is 19.4 Å². The van der Waals surface area contributed by atoms with Gasteiger partial charge < -0.3 is 15.0 Å². The van der Waals surface area contributed by atoms with Crippen molar-refractivity contribution in [3.63, 3.8) is 0 Å². The maximum Gasteiger partial charge on any atom is 0.119 e. The molecule has 3 nitrogen and oxygen atoms in total. The van der Waals surface area contributed by atoms with Crippen molar-refractivity contribution < 1.29 is 4.74 Å². The van der Waals surface area contributed by atoms with Crippen molar-refractivity contribution >= 4 is 11.8 Å². The Morgan fingerprint density at radius 3 is 2.52 bits per heavy atom. The van der Waals surface area contributed by atoms with Gasteiger partial charge in [-0.2, -0.15) is 11.8 Å². The van der Waals surface area contributed by atoms with Crippen LogP contribution >= 0.6 is 11.8 Å². The summed E-state index contributed by atoms with van der Waals surface area (Å²) in [5, 5.41) is 3.45. The van der Waals surface area contributed by atoms with Gasteiger partial charge in [0.05, 0.1) is 0 Å². The standard InChI is InChI=1S/C17H30N2OS/c1-15(2)13-18-14-16-5-7-17(8-6-16)20-11-9-19(3)10-12-21-4/h5-8,15,18H,9-14H2,1-4H3. The lowest BCUT2D eigenvalue weighted by molar-refractivity contribution is 0.245. The van der Waals surface area contributed by atoms with Crippen LogP contribution in [0.4, 0.5) is 0 Å². The fraction of sp³-hybridized carbons (Fsp3) is 0.647. The number of hydrogen-bond donors (Lipinski definition) is 1. The maximum absolute atomic E-state index is 5.79. The Balaban J connectivity index is 2.21. The zero-order chi connectivity index (χ0) is 15.5. The molecule has 120 valence electrons. The second kappa shape index (κ2) is 10.9. The lowest BCUT2D eigenvalue weighted by atomic mass is 10.2. The third-order valence-electron chi connectivity index (χ3n) is 3.22. The second-order valence-corrected chi connectivity index (χ2v) is 6.80. The molecule has 0 unspecified atom stereocenters. The van der Waals surface area contributed by atoms with Gasteiger partial charge in [0.15, 0.2) is 0 Å². The Kier molecular flexibility index (Phi) is 9.55. The molecule has 1 N–H and O–H groups in total. The summed E-state index contributed by atoms with van der Waals surface area (Å²) in [5.74, 6) is 2.82. The van der Waals surface area contributed by atoms with Gasteiger partial charge in [-0.05, 0) is 43.5 Å². The molecule has 0 saturated carbocycles. The highest BCUT2D eigenvalue weighted by Crippen LogP contribution is 2.12. The fourth-order valence-corrected chi connectivity index (χ4v) is 2.38. The number of thioether (sulfide) groups is 1. The van der Waals surface area contributed by atoms with Crippen molar-refractivity contribution in [2.24, 2.45) is 5.92 Å². The number of nitrogens with one attached hydrogen (secondary N) is 1. The van der Waals surface area contributed by atoms with Crippen molar-refractivity contribution in [2.45, 2.75) is 20.4 Å². The first kappa shape index (κ1) is 18.3. The van der Waals surface area contributed by atoms with E-state index in [0.29, 0.717) is 5.92 Å². The van der Waals surface area contributed by atoms with Crippen LogP contribution in [0, 0.1) is 5.92 Å². The van der Waals surface area contributed by atoms with E-state index in [9.17, 15) is 0 Å². The molecule has 1 aromatic rings. The summed E-state index contributed by atoms with van der Waals surface area (Å²) in [7, 11) is 2.14. The smallest absolute Gasteiger partial charge is 0.119 e. The summed E-state index contributed by atoms with van der Waals surface area (Å²) in [6.45, 7) is 9.26. The van der Waals surface area contributed by atoms with E-state index in [0.717, 1.165) is 38.5 Å². The molecule has 4 heteroatoms. The lowest BCUT2D eigenvalue weighted by Crippen LogP contribution is -2.26. The molecule has 0 aliphatic rings. The zero-order valence-corrected chi connectivity index (χ0v) is 14.7. The molecule has 0 saturated heterocycles. The Morgan fingerprint density at radius 1 is 1.19 bits per heavy atom. The van der Waals surface area contributed by atoms with Crippen molar-refractivity contribution in [1.29, 1.82) is 0 Å². The van der Waals surface area contributed by atoms with Crippen LogP contribution in [0.2, 0.25) is 0 Å². The van der Waals surface area contributed by atoms with Gasteiger partial charge in [0.1, 0.15) is 12.4 Å². The summed E-state index contributed by atoms with van der Waals surface area (Å²) in [6.07, 6.45) is 2.14. The van der Waals surface area contributed by atoms with Gasteiger partial charge >= 0.3 is 0 Å². The molecule has 0 heterocycles. The van der Waals surface area contributed by atoms with E-state index in [-0.39, 0.29) is 0 Å². The minimum absolute atomic E-state index is 0.690. The number of hydrogen-bond acceptors (Lipinski definition) is 4. The van der Waals surface area contributed by atoms with E-state index in [1.165, 1.54) is 11.3 Å². The number of nitrogens with zero attached hydrogens (tertiary/aromatic N) is 1. The van der Waals surface area contributed by atoms with E-state index >= 15 is 0 Å². The number of rotatable bonds is 11. The SMILES string of the molecule is CSCCN(C)CCOc1ccc(CNCC(C)C)cc1. The first-order valence-corrected chi connectivity index (χ1v) is 9.11. The molecule has 0 aliphatic heterocycles.